The highest BCUT2D eigenvalue weighted by Crippen LogP contribution is 2.31. The fourth-order valence-corrected chi connectivity index (χ4v) is 3.34. The molecule has 0 bridgehead atoms. The smallest absolute Gasteiger partial charge is 0.321 e. The van der Waals surface area contributed by atoms with Gasteiger partial charge in [-0.1, -0.05) is 6.07 Å². The zero-order valence-electron chi connectivity index (χ0n) is 14.7. The van der Waals surface area contributed by atoms with E-state index in [1.807, 2.05) is 50.3 Å². The number of benzene rings is 1. The number of aryl methyl sites for hydroxylation is 2. The molecule has 1 aromatic carbocycles. The summed E-state index contributed by atoms with van der Waals surface area (Å²) in [6, 6.07) is 3.83. The van der Waals surface area contributed by atoms with Crippen LogP contribution < -0.4 is 10.1 Å². The summed E-state index contributed by atoms with van der Waals surface area (Å²) in [6.45, 7) is 5.44. The number of aromatic nitrogens is 2. The summed E-state index contributed by atoms with van der Waals surface area (Å²) in [4.78, 5) is 14.5. The lowest BCUT2D eigenvalue weighted by Gasteiger charge is -2.19. The van der Waals surface area contributed by atoms with Crippen LogP contribution in [-0.4, -0.2) is 40.9 Å². The minimum absolute atomic E-state index is 0.0598. The van der Waals surface area contributed by atoms with E-state index in [1.165, 1.54) is 5.56 Å². The molecule has 1 atom stereocenters. The van der Waals surface area contributed by atoms with Gasteiger partial charge >= 0.3 is 6.03 Å². The topological polar surface area (TPSA) is 59.4 Å². The molecule has 1 fully saturated rings. The third-order valence-electron chi connectivity index (χ3n) is 4.72. The summed E-state index contributed by atoms with van der Waals surface area (Å²) in [5.41, 5.74) is 4.01. The van der Waals surface area contributed by atoms with Crippen molar-refractivity contribution in [1.82, 2.24) is 14.7 Å². The van der Waals surface area contributed by atoms with Crippen molar-refractivity contribution < 1.29 is 9.53 Å². The lowest BCUT2D eigenvalue weighted by Crippen LogP contribution is -2.33. The van der Waals surface area contributed by atoms with Gasteiger partial charge in [-0.3, -0.25) is 4.68 Å². The summed E-state index contributed by atoms with van der Waals surface area (Å²) in [5, 5.41) is 7.24. The Bertz CT molecular complexity index is 753. The van der Waals surface area contributed by atoms with Gasteiger partial charge in [-0.2, -0.15) is 5.10 Å². The van der Waals surface area contributed by atoms with Crippen molar-refractivity contribution in [3.05, 3.63) is 41.2 Å². The van der Waals surface area contributed by atoms with E-state index in [4.69, 9.17) is 4.74 Å². The molecule has 2 heterocycles. The Morgan fingerprint density at radius 3 is 2.83 bits per heavy atom. The second kappa shape index (κ2) is 6.55. The lowest BCUT2D eigenvalue weighted by molar-refractivity contribution is 0.222. The van der Waals surface area contributed by atoms with Gasteiger partial charge in [0, 0.05) is 43.5 Å². The van der Waals surface area contributed by atoms with Gasteiger partial charge in [-0.05, 0) is 37.5 Å². The maximum Gasteiger partial charge on any atom is 0.321 e. The average Bonchev–Trinajstić information content (AvgIpc) is 3.19. The molecule has 0 radical (unpaired) electrons. The van der Waals surface area contributed by atoms with Crippen LogP contribution in [0.4, 0.5) is 10.5 Å². The summed E-state index contributed by atoms with van der Waals surface area (Å²) in [7, 11) is 3.57. The van der Waals surface area contributed by atoms with Crippen LogP contribution in [-0.2, 0) is 7.05 Å². The number of rotatable bonds is 3. The maximum atomic E-state index is 12.6. The average molecular weight is 328 g/mol. The van der Waals surface area contributed by atoms with E-state index >= 15 is 0 Å². The van der Waals surface area contributed by atoms with Gasteiger partial charge in [-0.15, -0.1) is 0 Å². The van der Waals surface area contributed by atoms with Crippen LogP contribution in [0.15, 0.2) is 24.5 Å². The number of urea groups is 1. The molecule has 6 nitrogen and oxygen atoms in total. The van der Waals surface area contributed by atoms with Gasteiger partial charge in [0.15, 0.2) is 0 Å². The molecule has 0 spiro atoms. The largest absolute Gasteiger partial charge is 0.496 e. The molecule has 3 rings (SSSR count). The molecule has 1 aliphatic rings. The van der Waals surface area contributed by atoms with E-state index in [9.17, 15) is 4.79 Å². The zero-order valence-corrected chi connectivity index (χ0v) is 14.7. The quantitative estimate of drug-likeness (QED) is 0.942. The summed E-state index contributed by atoms with van der Waals surface area (Å²) in [6.07, 6.45) is 4.89. The number of nitrogens with one attached hydrogen (secondary N) is 1. The highest BCUT2D eigenvalue weighted by Gasteiger charge is 2.28. The highest BCUT2D eigenvalue weighted by atomic mass is 16.5. The van der Waals surface area contributed by atoms with Gasteiger partial charge < -0.3 is 15.0 Å². The van der Waals surface area contributed by atoms with Crippen molar-refractivity contribution in [2.24, 2.45) is 7.05 Å². The Balaban J connectivity index is 1.68. The molecule has 0 saturated carbocycles. The second-order valence-corrected chi connectivity index (χ2v) is 6.40. The number of anilines is 1. The Labute approximate surface area is 142 Å². The first kappa shape index (κ1) is 16.4. The first-order valence-corrected chi connectivity index (χ1v) is 8.18. The monoisotopic (exact) mass is 328 g/mol. The predicted octanol–water partition coefficient (Wildman–Crippen LogP) is 3.07. The SMILES string of the molecule is COc1c(C)ccc(NC(=O)N2CC[C@@H](c3cnn(C)c3)C2)c1C. The molecule has 0 unspecified atom stereocenters. The highest BCUT2D eigenvalue weighted by molar-refractivity contribution is 5.91. The first-order valence-electron chi connectivity index (χ1n) is 8.18. The Hall–Kier alpha value is -2.50. The Kier molecular flexibility index (Phi) is 4.46. The number of ether oxygens (including phenoxy) is 1. The molecule has 6 heteroatoms. The van der Waals surface area contributed by atoms with E-state index in [0.29, 0.717) is 5.92 Å². The number of carbonyl (C=O) groups excluding carboxylic acids is 1. The van der Waals surface area contributed by atoms with Crippen molar-refractivity contribution in [2.75, 3.05) is 25.5 Å². The fourth-order valence-electron chi connectivity index (χ4n) is 3.34. The summed E-state index contributed by atoms with van der Waals surface area (Å²) in [5.74, 6) is 1.18. The molecule has 1 aliphatic heterocycles. The van der Waals surface area contributed by atoms with Crippen LogP contribution in [0.3, 0.4) is 0 Å². The third-order valence-corrected chi connectivity index (χ3v) is 4.72. The standard InChI is InChI=1S/C18H24N4O2/c1-12-5-6-16(13(2)17(12)24-4)20-18(23)22-8-7-14(11-22)15-9-19-21(3)10-15/h5-6,9-10,14H,7-8,11H2,1-4H3,(H,20,23)/t14-/m1/s1. The van der Waals surface area contributed by atoms with Crippen LogP contribution >= 0.6 is 0 Å². The minimum atomic E-state index is -0.0598. The van der Waals surface area contributed by atoms with Crippen molar-refractivity contribution in [3.63, 3.8) is 0 Å². The molecule has 2 aromatic rings. The van der Waals surface area contributed by atoms with Crippen molar-refractivity contribution in [1.29, 1.82) is 0 Å². The van der Waals surface area contributed by atoms with Crippen molar-refractivity contribution >= 4 is 11.7 Å². The summed E-state index contributed by atoms with van der Waals surface area (Å²) < 4.78 is 7.23. The number of carbonyl (C=O) groups is 1. The van der Waals surface area contributed by atoms with Crippen LogP contribution in [0, 0.1) is 13.8 Å². The Morgan fingerprint density at radius 1 is 1.38 bits per heavy atom. The lowest BCUT2D eigenvalue weighted by atomic mass is 10.0. The van der Waals surface area contributed by atoms with Crippen LogP contribution in [0.2, 0.25) is 0 Å². The molecular formula is C18H24N4O2. The van der Waals surface area contributed by atoms with Gasteiger partial charge in [-0.25, -0.2) is 4.79 Å². The van der Waals surface area contributed by atoms with E-state index in [1.54, 1.807) is 11.8 Å². The molecule has 24 heavy (non-hydrogen) atoms. The Morgan fingerprint density at radius 2 is 2.17 bits per heavy atom. The van der Waals surface area contributed by atoms with E-state index in [-0.39, 0.29) is 6.03 Å². The number of hydrogen-bond acceptors (Lipinski definition) is 3. The summed E-state index contributed by atoms with van der Waals surface area (Å²) >= 11 is 0. The second-order valence-electron chi connectivity index (χ2n) is 6.40. The zero-order chi connectivity index (χ0) is 17.3. The third kappa shape index (κ3) is 3.09. The number of hydrogen-bond donors (Lipinski definition) is 1. The number of methoxy groups -OCH3 is 1. The van der Waals surface area contributed by atoms with Crippen molar-refractivity contribution in [2.45, 2.75) is 26.2 Å². The van der Waals surface area contributed by atoms with Gasteiger partial charge in [0.25, 0.3) is 0 Å². The molecule has 1 saturated heterocycles. The van der Waals surface area contributed by atoms with Gasteiger partial charge in [0.1, 0.15) is 5.75 Å². The van der Waals surface area contributed by atoms with Crippen molar-refractivity contribution in [3.8, 4) is 5.75 Å². The molecule has 2 amide bonds. The molecular weight excluding hydrogens is 304 g/mol. The molecule has 128 valence electrons. The number of likely N-dealkylation sites (tertiary alicyclic amines) is 1. The first-order chi connectivity index (χ1) is 11.5. The van der Waals surface area contributed by atoms with Crippen LogP contribution in [0.5, 0.6) is 5.75 Å². The molecule has 1 N–H and O–H groups in total. The van der Waals surface area contributed by atoms with Gasteiger partial charge in [0.2, 0.25) is 0 Å². The molecule has 0 aliphatic carbocycles. The maximum absolute atomic E-state index is 12.6. The molecule has 1 aromatic heterocycles. The number of nitrogens with zero attached hydrogens (tertiary/aromatic N) is 3. The van der Waals surface area contributed by atoms with Crippen LogP contribution in [0.25, 0.3) is 0 Å². The minimum Gasteiger partial charge on any atom is -0.496 e. The fraction of sp³-hybridized carbons (Fsp3) is 0.444. The number of amides is 2. The van der Waals surface area contributed by atoms with E-state index in [0.717, 1.165) is 42.1 Å². The van der Waals surface area contributed by atoms with Crippen LogP contribution in [0.1, 0.15) is 29.0 Å². The van der Waals surface area contributed by atoms with E-state index < -0.39 is 0 Å². The normalized spacial score (nSPS) is 17.2. The van der Waals surface area contributed by atoms with Gasteiger partial charge in [0.05, 0.1) is 13.3 Å². The van der Waals surface area contributed by atoms with E-state index in [2.05, 4.69) is 10.4 Å². The predicted molar refractivity (Wildman–Crippen MR) is 93.6 cm³/mol.